The van der Waals surface area contributed by atoms with Gasteiger partial charge in [-0.3, -0.25) is 4.79 Å². The van der Waals surface area contributed by atoms with E-state index in [1.807, 2.05) is 24.3 Å². The first kappa shape index (κ1) is 17.7. The van der Waals surface area contributed by atoms with E-state index in [2.05, 4.69) is 10.1 Å². The Labute approximate surface area is 139 Å². The molecule has 0 unspecified atom stereocenters. The minimum Gasteiger partial charge on any atom is -0.497 e. The predicted molar refractivity (Wildman–Crippen MR) is 86.2 cm³/mol. The van der Waals surface area contributed by atoms with E-state index >= 15 is 0 Å². The number of hydrogen-bond acceptors (Lipinski definition) is 3. The minimum absolute atomic E-state index is 0.0780. The molecule has 24 heavy (non-hydrogen) atoms. The molecule has 0 aliphatic carbocycles. The lowest BCUT2D eigenvalue weighted by molar-refractivity contribution is -0.121. The number of aryl methyl sites for hydroxylation is 1. The van der Waals surface area contributed by atoms with Crippen LogP contribution in [0, 0.1) is 0 Å². The number of carbonyl (C=O) groups is 1. The first-order valence-electron chi connectivity index (χ1n) is 7.50. The maximum atomic E-state index is 12.1. The fourth-order valence-electron chi connectivity index (χ4n) is 2.16. The molecule has 6 heteroatoms. The molecule has 0 spiro atoms. The second-order valence-electron chi connectivity index (χ2n) is 5.15. The van der Waals surface area contributed by atoms with E-state index in [4.69, 9.17) is 4.74 Å². The predicted octanol–water partition coefficient (Wildman–Crippen LogP) is 3.55. The van der Waals surface area contributed by atoms with E-state index in [1.54, 1.807) is 19.2 Å². The highest BCUT2D eigenvalue weighted by molar-refractivity contribution is 5.76. The number of amides is 1. The average molecular weight is 335 g/mol. The number of methoxy groups -OCH3 is 1. The van der Waals surface area contributed by atoms with Crippen molar-refractivity contribution in [2.45, 2.75) is 26.0 Å². The van der Waals surface area contributed by atoms with Gasteiger partial charge in [0.2, 0.25) is 5.91 Å². The molecule has 0 fully saturated rings. The van der Waals surface area contributed by atoms with Crippen LogP contribution < -0.4 is 14.8 Å². The summed E-state index contributed by atoms with van der Waals surface area (Å²) < 4.78 is 33.5. The molecular formula is C18H19F2NO3. The third kappa shape index (κ3) is 5.87. The van der Waals surface area contributed by atoms with E-state index in [1.165, 1.54) is 12.1 Å². The number of benzene rings is 2. The van der Waals surface area contributed by atoms with E-state index in [0.29, 0.717) is 19.4 Å². The number of carbonyl (C=O) groups excluding carboxylic acids is 1. The van der Waals surface area contributed by atoms with Gasteiger partial charge in [-0.05, 0) is 41.8 Å². The van der Waals surface area contributed by atoms with Crippen molar-refractivity contribution < 1.29 is 23.0 Å². The monoisotopic (exact) mass is 335 g/mol. The molecule has 0 heterocycles. The molecule has 0 aromatic heterocycles. The molecule has 0 aliphatic heterocycles. The number of rotatable bonds is 8. The Morgan fingerprint density at radius 2 is 1.83 bits per heavy atom. The van der Waals surface area contributed by atoms with Gasteiger partial charge in [-0.2, -0.15) is 8.78 Å². The van der Waals surface area contributed by atoms with Crippen LogP contribution in [-0.4, -0.2) is 19.6 Å². The molecular weight excluding hydrogens is 316 g/mol. The van der Waals surface area contributed by atoms with E-state index in [-0.39, 0.29) is 11.7 Å². The van der Waals surface area contributed by atoms with Gasteiger partial charge in [0.25, 0.3) is 0 Å². The van der Waals surface area contributed by atoms with Crippen molar-refractivity contribution in [1.82, 2.24) is 5.32 Å². The molecule has 0 atom stereocenters. The van der Waals surface area contributed by atoms with E-state index in [0.717, 1.165) is 16.9 Å². The summed E-state index contributed by atoms with van der Waals surface area (Å²) in [4.78, 5) is 11.9. The lowest BCUT2D eigenvalue weighted by atomic mass is 10.1. The van der Waals surface area contributed by atoms with Crippen molar-refractivity contribution >= 4 is 5.91 Å². The Morgan fingerprint density at radius 1 is 1.08 bits per heavy atom. The van der Waals surface area contributed by atoms with Crippen LogP contribution in [0.2, 0.25) is 0 Å². The standard InChI is InChI=1S/C18H19F2NO3/c1-23-16-4-2-3-13(11-16)7-10-17(22)21-12-14-5-8-15(9-6-14)24-18(19)20/h2-6,8-9,11,18H,7,10,12H2,1H3,(H,21,22). The number of hydrogen-bond donors (Lipinski definition) is 1. The summed E-state index contributed by atoms with van der Waals surface area (Å²) in [7, 11) is 1.60. The van der Waals surface area contributed by atoms with Gasteiger partial charge >= 0.3 is 6.61 Å². The van der Waals surface area contributed by atoms with Crippen LogP contribution in [0.25, 0.3) is 0 Å². The highest BCUT2D eigenvalue weighted by Gasteiger charge is 2.05. The molecule has 4 nitrogen and oxygen atoms in total. The summed E-state index contributed by atoms with van der Waals surface area (Å²) in [6, 6.07) is 13.8. The third-order valence-electron chi connectivity index (χ3n) is 3.41. The van der Waals surface area contributed by atoms with Gasteiger partial charge in [0.1, 0.15) is 11.5 Å². The smallest absolute Gasteiger partial charge is 0.387 e. The maximum Gasteiger partial charge on any atom is 0.387 e. The molecule has 0 bridgehead atoms. The van der Waals surface area contributed by atoms with Gasteiger partial charge < -0.3 is 14.8 Å². The van der Waals surface area contributed by atoms with Crippen molar-refractivity contribution in [2.24, 2.45) is 0 Å². The number of ether oxygens (including phenoxy) is 2. The highest BCUT2D eigenvalue weighted by atomic mass is 19.3. The zero-order valence-corrected chi connectivity index (χ0v) is 13.3. The van der Waals surface area contributed by atoms with Crippen molar-refractivity contribution in [3.63, 3.8) is 0 Å². The molecule has 0 radical (unpaired) electrons. The lowest BCUT2D eigenvalue weighted by Gasteiger charge is -2.08. The van der Waals surface area contributed by atoms with E-state index < -0.39 is 6.61 Å². The summed E-state index contributed by atoms with van der Waals surface area (Å²) in [5, 5.41) is 2.80. The van der Waals surface area contributed by atoms with Gasteiger partial charge in [-0.1, -0.05) is 24.3 Å². The van der Waals surface area contributed by atoms with Crippen molar-refractivity contribution in [3.05, 3.63) is 59.7 Å². The SMILES string of the molecule is COc1cccc(CCC(=O)NCc2ccc(OC(F)F)cc2)c1. The third-order valence-corrected chi connectivity index (χ3v) is 3.41. The van der Waals surface area contributed by atoms with Crippen LogP contribution in [0.3, 0.4) is 0 Å². The molecule has 1 amide bonds. The van der Waals surface area contributed by atoms with Gasteiger partial charge in [-0.25, -0.2) is 0 Å². The minimum atomic E-state index is -2.84. The van der Waals surface area contributed by atoms with Gasteiger partial charge in [0, 0.05) is 13.0 Å². The first-order valence-corrected chi connectivity index (χ1v) is 7.50. The topological polar surface area (TPSA) is 47.6 Å². The van der Waals surface area contributed by atoms with Crippen molar-refractivity contribution in [2.75, 3.05) is 7.11 Å². The fraction of sp³-hybridized carbons (Fsp3) is 0.278. The van der Waals surface area contributed by atoms with Crippen molar-refractivity contribution in [3.8, 4) is 11.5 Å². The summed E-state index contributed by atoms with van der Waals surface area (Å²) in [6.45, 7) is -2.50. The number of alkyl halides is 2. The molecule has 2 aromatic carbocycles. The average Bonchev–Trinajstić information content (AvgIpc) is 2.59. The lowest BCUT2D eigenvalue weighted by Crippen LogP contribution is -2.22. The second-order valence-corrected chi connectivity index (χ2v) is 5.15. The molecule has 0 saturated carbocycles. The summed E-state index contributed by atoms with van der Waals surface area (Å²) in [5.74, 6) is 0.780. The Balaban J connectivity index is 1.76. The number of halogens is 2. The maximum absolute atomic E-state index is 12.1. The quantitative estimate of drug-likeness (QED) is 0.803. The van der Waals surface area contributed by atoms with Crippen LogP contribution in [0.1, 0.15) is 17.5 Å². The first-order chi connectivity index (χ1) is 11.6. The zero-order chi connectivity index (χ0) is 17.4. The summed E-state index contributed by atoms with van der Waals surface area (Å²) in [6.07, 6.45) is 0.976. The summed E-state index contributed by atoms with van der Waals surface area (Å²) in [5.41, 5.74) is 1.84. The largest absolute Gasteiger partial charge is 0.497 e. The molecule has 2 rings (SSSR count). The van der Waals surface area contributed by atoms with Gasteiger partial charge in [0.05, 0.1) is 7.11 Å². The zero-order valence-electron chi connectivity index (χ0n) is 13.3. The second kappa shape index (κ2) is 8.86. The Hall–Kier alpha value is -2.63. The molecule has 0 aliphatic rings. The van der Waals surface area contributed by atoms with Crippen LogP contribution in [0.5, 0.6) is 11.5 Å². The van der Waals surface area contributed by atoms with Crippen LogP contribution >= 0.6 is 0 Å². The van der Waals surface area contributed by atoms with E-state index in [9.17, 15) is 13.6 Å². The summed E-state index contributed by atoms with van der Waals surface area (Å²) >= 11 is 0. The Bertz CT molecular complexity index is 660. The molecule has 1 N–H and O–H groups in total. The Kier molecular flexibility index (Phi) is 6.54. The fourth-order valence-corrected chi connectivity index (χ4v) is 2.16. The molecule has 0 saturated heterocycles. The molecule has 128 valence electrons. The van der Waals surface area contributed by atoms with Crippen molar-refractivity contribution in [1.29, 1.82) is 0 Å². The number of nitrogens with one attached hydrogen (secondary N) is 1. The van der Waals surface area contributed by atoms with Crippen LogP contribution in [-0.2, 0) is 17.8 Å². The van der Waals surface area contributed by atoms with Gasteiger partial charge in [-0.15, -0.1) is 0 Å². The van der Waals surface area contributed by atoms with Crippen LogP contribution in [0.4, 0.5) is 8.78 Å². The van der Waals surface area contributed by atoms with Crippen LogP contribution in [0.15, 0.2) is 48.5 Å². The highest BCUT2D eigenvalue weighted by Crippen LogP contribution is 2.15. The Morgan fingerprint density at radius 3 is 2.50 bits per heavy atom. The molecule has 2 aromatic rings. The van der Waals surface area contributed by atoms with Gasteiger partial charge in [0.15, 0.2) is 0 Å². The normalized spacial score (nSPS) is 10.5.